The third kappa shape index (κ3) is 3.57. The van der Waals surface area contributed by atoms with Crippen LogP contribution in [0.5, 0.6) is 0 Å². The van der Waals surface area contributed by atoms with Gasteiger partial charge in [0.05, 0.1) is 5.92 Å². The first-order valence-corrected chi connectivity index (χ1v) is 8.04. The predicted octanol–water partition coefficient (Wildman–Crippen LogP) is 3.38. The van der Waals surface area contributed by atoms with Gasteiger partial charge in [0.1, 0.15) is 5.82 Å². The van der Waals surface area contributed by atoms with Gasteiger partial charge in [-0.2, -0.15) is 4.98 Å². The number of nitrogens with zero attached hydrogens (tertiary/aromatic N) is 3. The van der Waals surface area contributed by atoms with Crippen LogP contribution in [0.1, 0.15) is 44.4 Å². The van der Waals surface area contributed by atoms with E-state index >= 15 is 0 Å². The fourth-order valence-corrected chi connectivity index (χ4v) is 2.92. The Morgan fingerprint density at radius 3 is 3.13 bits per heavy atom. The number of halogens is 1. The molecule has 1 aliphatic heterocycles. The lowest BCUT2D eigenvalue weighted by molar-refractivity contribution is -0.132. The smallest absolute Gasteiger partial charge is 0.231 e. The average Bonchev–Trinajstić information content (AvgIpc) is 3.05. The standard InChI is InChI=1S/C17H20FN3O2/c1-2-5-15(22)21-9-4-7-13(11-21)17-19-16(20-23-17)12-6-3-8-14(18)10-12/h3,6,8,10,13H,2,4-5,7,9,11H2,1H3/t13-/m1/s1. The Bertz CT molecular complexity index is 686. The highest BCUT2D eigenvalue weighted by Gasteiger charge is 2.28. The summed E-state index contributed by atoms with van der Waals surface area (Å²) >= 11 is 0. The molecule has 23 heavy (non-hydrogen) atoms. The minimum Gasteiger partial charge on any atom is -0.342 e. The molecule has 0 unspecified atom stereocenters. The van der Waals surface area contributed by atoms with Gasteiger partial charge in [-0.3, -0.25) is 4.79 Å². The monoisotopic (exact) mass is 317 g/mol. The number of benzene rings is 1. The van der Waals surface area contributed by atoms with E-state index in [0.717, 1.165) is 25.8 Å². The van der Waals surface area contributed by atoms with Crippen molar-refractivity contribution in [2.45, 2.75) is 38.5 Å². The van der Waals surface area contributed by atoms with E-state index in [9.17, 15) is 9.18 Å². The van der Waals surface area contributed by atoms with E-state index in [1.807, 2.05) is 11.8 Å². The zero-order valence-electron chi connectivity index (χ0n) is 13.2. The molecule has 1 aromatic carbocycles. The molecule has 0 bridgehead atoms. The molecular formula is C17H20FN3O2. The van der Waals surface area contributed by atoms with Crippen LogP contribution in [0.15, 0.2) is 28.8 Å². The number of carbonyl (C=O) groups is 1. The summed E-state index contributed by atoms with van der Waals surface area (Å²) in [6, 6.07) is 6.12. The first kappa shape index (κ1) is 15.6. The summed E-state index contributed by atoms with van der Waals surface area (Å²) in [5.74, 6) is 0.819. The van der Waals surface area contributed by atoms with Crippen molar-refractivity contribution in [3.8, 4) is 11.4 Å². The summed E-state index contributed by atoms with van der Waals surface area (Å²) in [6.07, 6.45) is 3.27. The first-order chi connectivity index (χ1) is 11.2. The molecule has 0 saturated carbocycles. The molecule has 0 radical (unpaired) electrons. The van der Waals surface area contributed by atoms with Gasteiger partial charge in [-0.25, -0.2) is 4.39 Å². The lowest BCUT2D eigenvalue weighted by Gasteiger charge is -2.31. The number of hydrogen-bond donors (Lipinski definition) is 0. The van der Waals surface area contributed by atoms with Gasteiger partial charge in [0.15, 0.2) is 0 Å². The second-order valence-corrected chi connectivity index (χ2v) is 5.90. The molecule has 1 aliphatic rings. The Labute approximate surface area is 134 Å². The van der Waals surface area contributed by atoms with Crippen LogP contribution < -0.4 is 0 Å². The molecule has 0 N–H and O–H groups in total. The van der Waals surface area contributed by atoms with Gasteiger partial charge in [-0.1, -0.05) is 24.2 Å². The summed E-state index contributed by atoms with van der Waals surface area (Å²) in [5, 5.41) is 3.95. The van der Waals surface area contributed by atoms with Crippen LogP contribution in [-0.4, -0.2) is 34.0 Å². The van der Waals surface area contributed by atoms with Crippen LogP contribution in [-0.2, 0) is 4.79 Å². The lowest BCUT2D eigenvalue weighted by atomic mass is 9.97. The van der Waals surface area contributed by atoms with Crippen molar-refractivity contribution in [1.82, 2.24) is 15.0 Å². The van der Waals surface area contributed by atoms with E-state index in [-0.39, 0.29) is 17.6 Å². The normalized spacial score (nSPS) is 18.2. The quantitative estimate of drug-likeness (QED) is 0.867. The molecule has 0 spiro atoms. The molecule has 1 fully saturated rings. The number of rotatable bonds is 4. The SMILES string of the molecule is CCCC(=O)N1CCC[C@@H](c2nc(-c3cccc(F)c3)no2)C1. The number of amides is 1. The number of carbonyl (C=O) groups excluding carboxylic acids is 1. The van der Waals surface area contributed by atoms with Gasteiger partial charge in [0.25, 0.3) is 0 Å². The van der Waals surface area contributed by atoms with Crippen molar-refractivity contribution in [3.63, 3.8) is 0 Å². The molecule has 122 valence electrons. The molecule has 1 amide bonds. The van der Waals surface area contributed by atoms with E-state index in [0.29, 0.717) is 30.2 Å². The maximum absolute atomic E-state index is 13.3. The largest absolute Gasteiger partial charge is 0.342 e. The minimum absolute atomic E-state index is 0.0550. The Hall–Kier alpha value is -2.24. The molecule has 1 atom stereocenters. The molecule has 1 aromatic heterocycles. The number of aromatic nitrogens is 2. The van der Waals surface area contributed by atoms with Crippen molar-refractivity contribution in [2.75, 3.05) is 13.1 Å². The highest BCUT2D eigenvalue weighted by atomic mass is 19.1. The lowest BCUT2D eigenvalue weighted by Crippen LogP contribution is -2.39. The van der Waals surface area contributed by atoms with Crippen LogP contribution in [0.2, 0.25) is 0 Å². The zero-order chi connectivity index (χ0) is 16.2. The van der Waals surface area contributed by atoms with Crippen molar-refractivity contribution in [1.29, 1.82) is 0 Å². The van der Waals surface area contributed by atoms with Crippen LogP contribution in [0.25, 0.3) is 11.4 Å². The van der Waals surface area contributed by atoms with Gasteiger partial charge in [-0.05, 0) is 31.4 Å². The third-order valence-corrected chi connectivity index (χ3v) is 4.11. The molecule has 1 saturated heterocycles. The molecule has 2 aromatic rings. The Balaban J connectivity index is 1.73. The van der Waals surface area contributed by atoms with Crippen LogP contribution in [0.4, 0.5) is 4.39 Å². The zero-order valence-corrected chi connectivity index (χ0v) is 13.2. The van der Waals surface area contributed by atoms with E-state index in [1.165, 1.54) is 12.1 Å². The topological polar surface area (TPSA) is 59.2 Å². The van der Waals surface area contributed by atoms with Gasteiger partial charge in [0, 0.05) is 25.1 Å². The van der Waals surface area contributed by atoms with E-state index < -0.39 is 0 Å². The van der Waals surface area contributed by atoms with Crippen molar-refractivity contribution in [2.24, 2.45) is 0 Å². The van der Waals surface area contributed by atoms with Crippen molar-refractivity contribution < 1.29 is 13.7 Å². The number of piperidine rings is 1. The fourth-order valence-electron chi connectivity index (χ4n) is 2.92. The fraction of sp³-hybridized carbons (Fsp3) is 0.471. The summed E-state index contributed by atoms with van der Waals surface area (Å²) in [5.41, 5.74) is 0.592. The maximum Gasteiger partial charge on any atom is 0.231 e. The highest BCUT2D eigenvalue weighted by Crippen LogP contribution is 2.28. The molecular weight excluding hydrogens is 297 g/mol. The molecule has 0 aliphatic carbocycles. The Morgan fingerprint density at radius 2 is 2.35 bits per heavy atom. The van der Waals surface area contributed by atoms with Crippen LogP contribution in [0.3, 0.4) is 0 Å². The molecule has 5 nitrogen and oxygen atoms in total. The van der Waals surface area contributed by atoms with Gasteiger partial charge in [-0.15, -0.1) is 0 Å². The summed E-state index contributed by atoms with van der Waals surface area (Å²) in [7, 11) is 0. The molecule has 6 heteroatoms. The Morgan fingerprint density at radius 1 is 1.48 bits per heavy atom. The second kappa shape index (κ2) is 6.89. The third-order valence-electron chi connectivity index (χ3n) is 4.11. The first-order valence-electron chi connectivity index (χ1n) is 8.04. The van der Waals surface area contributed by atoms with E-state index in [4.69, 9.17) is 4.52 Å². The van der Waals surface area contributed by atoms with E-state index in [1.54, 1.807) is 12.1 Å². The van der Waals surface area contributed by atoms with Crippen molar-refractivity contribution in [3.05, 3.63) is 36.0 Å². The summed E-state index contributed by atoms with van der Waals surface area (Å²) in [6.45, 7) is 3.41. The minimum atomic E-state index is -0.331. The average molecular weight is 317 g/mol. The number of hydrogen-bond acceptors (Lipinski definition) is 4. The van der Waals surface area contributed by atoms with Crippen LogP contribution >= 0.6 is 0 Å². The molecule has 3 rings (SSSR count). The van der Waals surface area contributed by atoms with Gasteiger partial charge >= 0.3 is 0 Å². The van der Waals surface area contributed by atoms with Crippen LogP contribution in [0, 0.1) is 5.82 Å². The van der Waals surface area contributed by atoms with Gasteiger partial charge < -0.3 is 9.42 Å². The predicted molar refractivity (Wildman–Crippen MR) is 83.2 cm³/mol. The van der Waals surface area contributed by atoms with Gasteiger partial charge in [0.2, 0.25) is 17.6 Å². The maximum atomic E-state index is 13.3. The van der Waals surface area contributed by atoms with E-state index in [2.05, 4.69) is 10.1 Å². The molecule has 2 heterocycles. The second-order valence-electron chi connectivity index (χ2n) is 5.90. The summed E-state index contributed by atoms with van der Waals surface area (Å²) < 4.78 is 18.7. The Kier molecular flexibility index (Phi) is 4.69. The number of likely N-dealkylation sites (tertiary alicyclic amines) is 1. The van der Waals surface area contributed by atoms with Crippen molar-refractivity contribution >= 4 is 5.91 Å². The summed E-state index contributed by atoms with van der Waals surface area (Å²) in [4.78, 5) is 18.3. The highest BCUT2D eigenvalue weighted by molar-refractivity contribution is 5.76.